The fraction of sp³-hybridized carbons (Fsp3) is 0.364. The molecule has 3 nitrogen and oxygen atoms in total. The minimum atomic E-state index is -0.578. The van der Waals surface area contributed by atoms with Gasteiger partial charge in [0.25, 0.3) is 0 Å². The lowest BCUT2D eigenvalue weighted by Crippen LogP contribution is -2.25. The topological polar surface area (TPSA) is 35.5 Å². The van der Waals surface area contributed by atoms with Crippen molar-refractivity contribution < 1.29 is 14.3 Å². The second-order valence-electron chi connectivity index (χ2n) is 2.75. The average molecular weight is 193 g/mol. The Labute approximate surface area is 83.6 Å². The molecule has 1 rings (SSSR count). The molecule has 75 valence electrons. The standard InChI is InChI=1S/C11H13O3/c1-3-13-11(12)9(2)14-10-7-5-4-6-8-10/h4-5,7-9H,3H2,1-2H3. The fourth-order valence-electron chi connectivity index (χ4n) is 0.962. The first-order valence-corrected chi connectivity index (χ1v) is 4.53. The summed E-state index contributed by atoms with van der Waals surface area (Å²) in [6.07, 6.45) is -0.578. The molecule has 1 atom stereocenters. The Morgan fingerprint density at radius 3 is 3.00 bits per heavy atom. The van der Waals surface area contributed by atoms with Crippen molar-refractivity contribution in [3.8, 4) is 5.75 Å². The van der Waals surface area contributed by atoms with Crippen molar-refractivity contribution in [1.82, 2.24) is 0 Å². The molecule has 1 unspecified atom stereocenters. The molecule has 0 heterocycles. The van der Waals surface area contributed by atoms with Crippen LogP contribution in [-0.4, -0.2) is 18.7 Å². The van der Waals surface area contributed by atoms with Gasteiger partial charge in [-0.3, -0.25) is 0 Å². The van der Waals surface area contributed by atoms with Gasteiger partial charge in [0.15, 0.2) is 6.10 Å². The second-order valence-corrected chi connectivity index (χ2v) is 2.75. The Kier molecular flexibility index (Phi) is 3.98. The second kappa shape index (κ2) is 5.27. The van der Waals surface area contributed by atoms with E-state index in [0.29, 0.717) is 12.4 Å². The normalized spacial score (nSPS) is 11.9. The SMILES string of the molecule is CCOC(=O)C(C)Oc1c[c]ccc1. The van der Waals surface area contributed by atoms with E-state index in [1.807, 2.05) is 0 Å². The predicted octanol–water partition coefficient (Wildman–Crippen LogP) is 1.82. The van der Waals surface area contributed by atoms with Gasteiger partial charge in [-0.2, -0.15) is 0 Å². The van der Waals surface area contributed by atoms with Gasteiger partial charge in [0, 0.05) is 0 Å². The van der Waals surface area contributed by atoms with E-state index in [1.54, 1.807) is 38.1 Å². The smallest absolute Gasteiger partial charge is 0.347 e. The van der Waals surface area contributed by atoms with Crippen molar-refractivity contribution in [2.45, 2.75) is 20.0 Å². The number of hydrogen-bond donors (Lipinski definition) is 0. The molecule has 3 heteroatoms. The number of carbonyl (C=O) groups excluding carboxylic acids is 1. The molecule has 0 saturated heterocycles. The zero-order chi connectivity index (χ0) is 10.4. The van der Waals surface area contributed by atoms with Gasteiger partial charge in [-0.25, -0.2) is 4.79 Å². The highest BCUT2D eigenvalue weighted by Gasteiger charge is 2.14. The Bertz CT molecular complexity index is 282. The largest absolute Gasteiger partial charge is 0.479 e. The van der Waals surface area contributed by atoms with Crippen LogP contribution >= 0.6 is 0 Å². The molecule has 14 heavy (non-hydrogen) atoms. The summed E-state index contributed by atoms with van der Waals surface area (Å²) in [5.74, 6) is 0.268. The lowest BCUT2D eigenvalue weighted by Gasteiger charge is -2.12. The maximum absolute atomic E-state index is 11.2. The maximum atomic E-state index is 11.2. The van der Waals surface area contributed by atoms with Crippen molar-refractivity contribution in [3.63, 3.8) is 0 Å². The third-order valence-corrected chi connectivity index (χ3v) is 1.61. The molecule has 0 N–H and O–H groups in total. The molecule has 0 aliphatic rings. The van der Waals surface area contributed by atoms with E-state index in [1.165, 1.54) is 0 Å². The predicted molar refractivity (Wildman–Crippen MR) is 52.0 cm³/mol. The van der Waals surface area contributed by atoms with Crippen molar-refractivity contribution in [2.24, 2.45) is 0 Å². The monoisotopic (exact) mass is 193 g/mol. The Balaban J connectivity index is 2.49. The number of carbonyl (C=O) groups is 1. The number of ether oxygens (including phenoxy) is 2. The highest BCUT2D eigenvalue weighted by atomic mass is 16.6. The maximum Gasteiger partial charge on any atom is 0.347 e. The van der Waals surface area contributed by atoms with Gasteiger partial charge in [-0.05, 0) is 32.0 Å². The molecule has 0 fully saturated rings. The molecule has 0 aromatic heterocycles. The van der Waals surface area contributed by atoms with Crippen LogP contribution < -0.4 is 4.74 Å². The summed E-state index contributed by atoms with van der Waals surface area (Å²) in [6.45, 7) is 3.79. The highest BCUT2D eigenvalue weighted by molar-refractivity contribution is 5.74. The van der Waals surface area contributed by atoms with E-state index in [9.17, 15) is 4.79 Å². The molecule has 0 saturated carbocycles. The average Bonchev–Trinajstić information content (AvgIpc) is 2.19. The van der Waals surface area contributed by atoms with Crippen LogP contribution in [-0.2, 0) is 9.53 Å². The molecular formula is C11H13O3. The summed E-state index contributed by atoms with van der Waals surface area (Å²) in [7, 11) is 0. The zero-order valence-electron chi connectivity index (χ0n) is 8.32. The Morgan fingerprint density at radius 2 is 2.43 bits per heavy atom. The minimum absolute atomic E-state index is 0.351. The molecule has 0 amide bonds. The zero-order valence-corrected chi connectivity index (χ0v) is 8.32. The van der Waals surface area contributed by atoms with Gasteiger partial charge in [-0.15, -0.1) is 0 Å². The summed E-state index contributed by atoms with van der Waals surface area (Å²) >= 11 is 0. The highest BCUT2D eigenvalue weighted by Crippen LogP contribution is 2.10. The van der Waals surface area contributed by atoms with E-state index >= 15 is 0 Å². The van der Waals surface area contributed by atoms with Crippen LogP contribution in [0.1, 0.15) is 13.8 Å². The number of esters is 1. The van der Waals surface area contributed by atoms with E-state index in [0.717, 1.165) is 0 Å². The van der Waals surface area contributed by atoms with Gasteiger partial charge >= 0.3 is 5.97 Å². The minimum Gasteiger partial charge on any atom is -0.479 e. The molecule has 1 aromatic rings. The van der Waals surface area contributed by atoms with Gasteiger partial charge in [-0.1, -0.05) is 12.1 Å². The molecule has 0 spiro atoms. The summed E-state index contributed by atoms with van der Waals surface area (Å²) in [5.41, 5.74) is 0. The molecule has 1 radical (unpaired) electrons. The Morgan fingerprint density at radius 1 is 1.64 bits per heavy atom. The van der Waals surface area contributed by atoms with E-state index in [-0.39, 0.29) is 5.97 Å². The van der Waals surface area contributed by atoms with Crippen LogP contribution in [0.3, 0.4) is 0 Å². The van der Waals surface area contributed by atoms with Crippen LogP contribution in [0.5, 0.6) is 5.75 Å². The fourth-order valence-corrected chi connectivity index (χ4v) is 0.962. The lowest BCUT2D eigenvalue weighted by molar-refractivity contribution is -0.150. The van der Waals surface area contributed by atoms with Gasteiger partial charge in [0.1, 0.15) is 5.75 Å². The van der Waals surface area contributed by atoms with Crippen LogP contribution in [0.4, 0.5) is 0 Å². The third kappa shape index (κ3) is 3.09. The number of benzene rings is 1. The Hall–Kier alpha value is -1.51. The quantitative estimate of drug-likeness (QED) is 0.684. The molecule has 1 aromatic carbocycles. The van der Waals surface area contributed by atoms with Crippen LogP contribution in [0, 0.1) is 6.07 Å². The van der Waals surface area contributed by atoms with Crippen LogP contribution in [0.2, 0.25) is 0 Å². The first-order chi connectivity index (χ1) is 6.74. The summed E-state index contributed by atoms with van der Waals surface area (Å²) in [6, 6.07) is 9.87. The van der Waals surface area contributed by atoms with Crippen molar-refractivity contribution in [1.29, 1.82) is 0 Å². The number of hydrogen-bond acceptors (Lipinski definition) is 3. The van der Waals surface area contributed by atoms with E-state index in [2.05, 4.69) is 6.07 Å². The van der Waals surface area contributed by atoms with Gasteiger partial charge in [0.05, 0.1) is 6.61 Å². The first kappa shape index (κ1) is 10.6. The summed E-state index contributed by atoms with van der Waals surface area (Å²) in [4.78, 5) is 11.2. The number of rotatable bonds is 4. The molecule has 0 aliphatic heterocycles. The lowest BCUT2D eigenvalue weighted by atomic mass is 10.3. The van der Waals surface area contributed by atoms with E-state index < -0.39 is 6.10 Å². The molecular weight excluding hydrogens is 180 g/mol. The van der Waals surface area contributed by atoms with E-state index in [4.69, 9.17) is 9.47 Å². The van der Waals surface area contributed by atoms with Crippen LogP contribution in [0.15, 0.2) is 24.3 Å². The summed E-state index contributed by atoms with van der Waals surface area (Å²) in [5, 5.41) is 0. The van der Waals surface area contributed by atoms with Crippen molar-refractivity contribution in [2.75, 3.05) is 6.61 Å². The van der Waals surface area contributed by atoms with Crippen molar-refractivity contribution in [3.05, 3.63) is 30.3 Å². The van der Waals surface area contributed by atoms with Crippen LogP contribution in [0.25, 0.3) is 0 Å². The first-order valence-electron chi connectivity index (χ1n) is 4.53. The van der Waals surface area contributed by atoms with Gasteiger partial charge < -0.3 is 9.47 Å². The van der Waals surface area contributed by atoms with Gasteiger partial charge in [0.2, 0.25) is 0 Å². The third-order valence-electron chi connectivity index (χ3n) is 1.61. The van der Waals surface area contributed by atoms with Crippen molar-refractivity contribution >= 4 is 5.97 Å². The summed E-state index contributed by atoms with van der Waals surface area (Å²) < 4.78 is 10.1. The molecule has 0 bridgehead atoms. The molecule has 0 aliphatic carbocycles.